The minimum Gasteiger partial charge on any atom is -0.370 e. The molecular weight excluding hydrogens is 204 g/mol. The molecule has 5 nitrogen and oxygen atoms in total. The van der Waals surface area contributed by atoms with E-state index in [2.05, 4.69) is 10.3 Å². The van der Waals surface area contributed by atoms with Crippen LogP contribution in [0.4, 0.5) is 5.82 Å². The van der Waals surface area contributed by atoms with Crippen molar-refractivity contribution in [1.29, 1.82) is 5.26 Å². The van der Waals surface area contributed by atoms with Gasteiger partial charge in [0.2, 0.25) is 5.91 Å². The van der Waals surface area contributed by atoms with Gasteiger partial charge < -0.3 is 10.2 Å². The van der Waals surface area contributed by atoms with Gasteiger partial charge in [0.05, 0.1) is 11.6 Å². The molecule has 0 spiro atoms. The molecule has 0 saturated carbocycles. The second-order valence-electron chi connectivity index (χ2n) is 3.51. The van der Waals surface area contributed by atoms with E-state index in [1.54, 1.807) is 37.3 Å². The first kappa shape index (κ1) is 12.0. The third kappa shape index (κ3) is 3.58. The minimum absolute atomic E-state index is 0.0592. The highest BCUT2D eigenvalue weighted by Gasteiger charge is 2.03. The van der Waals surface area contributed by atoms with Crippen molar-refractivity contribution in [1.82, 2.24) is 9.88 Å². The molecule has 0 radical (unpaired) electrons. The molecule has 16 heavy (non-hydrogen) atoms. The smallest absolute Gasteiger partial charge is 0.223 e. The lowest BCUT2D eigenvalue weighted by atomic mass is 10.3. The van der Waals surface area contributed by atoms with Crippen LogP contribution < -0.4 is 5.32 Å². The fourth-order valence-corrected chi connectivity index (χ4v) is 1.12. The zero-order valence-corrected chi connectivity index (χ0v) is 9.40. The Labute approximate surface area is 94.7 Å². The summed E-state index contributed by atoms with van der Waals surface area (Å²) in [6.45, 7) is 0.513. The summed E-state index contributed by atoms with van der Waals surface area (Å²) in [6.07, 6.45) is 1.97. The molecule has 1 rings (SSSR count). The Morgan fingerprint density at radius 1 is 1.62 bits per heavy atom. The molecule has 0 bridgehead atoms. The molecule has 0 aromatic carbocycles. The molecule has 0 atom stereocenters. The van der Waals surface area contributed by atoms with Crippen molar-refractivity contribution in [2.24, 2.45) is 0 Å². The van der Waals surface area contributed by atoms with Crippen molar-refractivity contribution in [2.45, 2.75) is 6.42 Å². The summed E-state index contributed by atoms with van der Waals surface area (Å²) in [5.74, 6) is 0.676. The SMILES string of the molecule is CN(C)C(=O)CCNc1cc(C#N)ccn1. The van der Waals surface area contributed by atoms with Crippen molar-refractivity contribution in [3.8, 4) is 6.07 Å². The fraction of sp³-hybridized carbons (Fsp3) is 0.364. The van der Waals surface area contributed by atoms with Crippen molar-refractivity contribution in [3.05, 3.63) is 23.9 Å². The minimum atomic E-state index is 0.0592. The number of amides is 1. The Bertz CT molecular complexity index is 409. The molecule has 0 saturated heterocycles. The number of carbonyl (C=O) groups excluding carboxylic acids is 1. The van der Waals surface area contributed by atoms with Crippen LogP contribution in [0.2, 0.25) is 0 Å². The quantitative estimate of drug-likeness (QED) is 0.813. The number of anilines is 1. The van der Waals surface area contributed by atoms with Crippen LogP contribution in [-0.2, 0) is 4.79 Å². The van der Waals surface area contributed by atoms with Crippen LogP contribution in [0.25, 0.3) is 0 Å². The molecule has 0 aliphatic carbocycles. The predicted molar refractivity (Wildman–Crippen MR) is 60.8 cm³/mol. The van der Waals surface area contributed by atoms with Gasteiger partial charge in [-0.25, -0.2) is 4.98 Å². The highest BCUT2D eigenvalue weighted by molar-refractivity contribution is 5.76. The van der Waals surface area contributed by atoms with E-state index in [0.717, 1.165) is 0 Å². The van der Waals surface area contributed by atoms with E-state index in [-0.39, 0.29) is 5.91 Å². The number of carbonyl (C=O) groups is 1. The Balaban J connectivity index is 2.43. The second-order valence-corrected chi connectivity index (χ2v) is 3.51. The highest BCUT2D eigenvalue weighted by atomic mass is 16.2. The zero-order chi connectivity index (χ0) is 12.0. The Morgan fingerprint density at radius 2 is 2.38 bits per heavy atom. The molecular formula is C11H14N4O. The first-order valence-electron chi connectivity index (χ1n) is 4.93. The first-order chi connectivity index (χ1) is 7.63. The van der Waals surface area contributed by atoms with E-state index in [0.29, 0.717) is 24.3 Å². The average molecular weight is 218 g/mol. The number of rotatable bonds is 4. The van der Waals surface area contributed by atoms with E-state index < -0.39 is 0 Å². The van der Waals surface area contributed by atoms with Gasteiger partial charge in [-0.1, -0.05) is 0 Å². The van der Waals surface area contributed by atoms with Crippen LogP contribution in [0.1, 0.15) is 12.0 Å². The molecule has 0 unspecified atom stereocenters. The van der Waals surface area contributed by atoms with Gasteiger partial charge in [-0.05, 0) is 12.1 Å². The zero-order valence-electron chi connectivity index (χ0n) is 9.40. The molecule has 1 aromatic heterocycles. The van der Waals surface area contributed by atoms with Crippen LogP contribution in [-0.4, -0.2) is 36.4 Å². The van der Waals surface area contributed by atoms with Crippen molar-refractivity contribution >= 4 is 11.7 Å². The van der Waals surface area contributed by atoms with Gasteiger partial charge >= 0.3 is 0 Å². The molecule has 0 aliphatic heterocycles. The first-order valence-corrected chi connectivity index (χ1v) is 4.93. The summed E-state index contributed by atoms with van der Waals surface area (Å²) >= 11 is 0. The Kier molecular flexibility index (Phi) is 4.28. The topological polar surface area (TPSA) is 69.0 Å². The largest absolute Gasteiger partial charge is 0.370 e. The van der Waals surface area contributed by atoms with Crippen LogP contribution in [0.15, 0.2) is 18.3 Å². The molecule has 0 fully saturated rings. The second kappa shape index (κ2) is 5.71. The maximum atomic E-state index is 11.3. The third-order valence-corrected chi connectivity index (χ3v) is 2.03. The molecule has 1 heterocycles. The number of hydrogen-bond acceptors (Lipinski definition) is 4. The lowest BCUT2D eigenvalue weighted by molar-refractivity contribution is -0.128. The normalized spacial score (nSPS) is 9.31. The number of hydrogen-bond donors (Lipinski definition) is 1. The van der Waals surface area contributed by atoms with Crippen molar-refractivity contribution in [2.75, 3.05) is 26.0 Å². The molecule has 1 N–H and O–H groups in total. The Hall–Kier alpha value is -2.09. The van der Waals surface area contributed by atoms with E-state index >= 15 is 0 Å². The number of aromatic nitrogens is 1. The van der Waals surface area contributed by atoms with Crippen LogP contribution in [0, 0.1) is 11.3 Å². The molecule has 1 aromatic rings. The summed E-state index contributed by atoms with van der Waals surface area (Å²) in [6, 6.07) is 5.32. The summed E-state index contributed by atoms with van der Waals surface area (Å²) in [5, 5.41) is 11.7. The van der Waals surface area contributed by atoms with Crippen molar-refractivity contribution < 1.29 is 4.79 Å². The lowest BCUT2D eigenvalue weighted by Gasteiger charge is -2.10. The maximum absolute atomic E-state index is 11.3. The van der Waals surface area contributed by atoms with Crippen LogP contribution >= 0.6 is 0 Å². The van der Waals surface area contributed by atoms with Gasteiger partial charge in [0.15, 0.2) is 0 Å². The third-order valence-electron chi connectivity index (χ3n) is 2.03. The molecule has 84 valence electrons. The van der Waals surface area contributed by atoms with Gasteiger partial charge in [-0.2, -0.15) is 5.26 Å². The standard InChI is InChI=1S/C11H14N4O/c1-15(2)11(16)4-6-14-10-7-9(8-12)3-5-13-10/h3,5,7H,4,6H2,1-2H3,(H,13,14). The number of pyridine rings is 1. The Morgan fingerprint density at radius 3 is 3.00 bits per heavy atom. The highest BCUT2D eigenvalue weighted by Crippen LogP contribution is 2.05. The lowest BCUT2D eigenvalue weighted by Crippen LogP contribution is -2.24. The molecule has 1 amide bonds. The monoisotopic (exact) mass is 218 g/mol. The number of nitrogens with zero attached hydrogens (tertiary/aromatic N) is 3. The summed E-state index contributed by atoms with van der Waals surface area (Å²) in [4.78, 5) is 16.9. The van der Waals surface area contributed by atoms with E-state index in [9.17, 15) is 4.79 Å². The fourth-order valence-electron chi connectivity index (χ4n) is 1.12. The average Bonchev–Trinajstić information content (AvgIpc) is 2.29. The van der Waals surface area contributed by atoms with Gasteiger partial charge in [0, 0.05) is 33.3 Å². The summed E-state index contributed by atoms with van der Waals surface area (Å²) in [7, 11) is 3.44. The van der Waals surface area contributed by atoms with Crippen molar-refractivity contribution in [3.63, 3.8) is 0 Å². The van der Waals surface area contributed by atoms with Crippen LogP contribution in [0.5, 0.6) is 0 Å². The van der Waals surface area contributed by atoms with E-state index in [4.69, 9.17) is 5.26 Å². The maximum Gasteiger partial charge on any atom is 0.223 e. The molecule has 0 aliphatic rings. The van der Waals surface area contributed by atoms with Gasteiger partial charge in [-0.15, -0.1) is 0 Å². The summed E-state index contributed by atoms with van der Waals surface area (Å²) in [5.41, 5.74) is 0.552. The van der Waals surface area contributed by atoms with Gasteiger partial charge in [0.1, 0.15) is 5.82 Å². The summed E-state index contributed by atoms with van der Waals surface area (Å²) < 4.78 is 0. The van der Waals surface area contributed by atoms with E-state index in [1.165, 1.54) is 0 Å². The van der Waals surface area contributed by atoms with E-state index in [1.807, 2.05) is 6.07 Å². The predicted octanol–water partition coefficient (Wildman–Crippen LogP) is 0.843. The van der Waals surface area contributed by atoms with Gasteiger partial charge in [0.25, 0.3) is 0 Å². The molecule has 5 heteroatoms. The van der Waals surface area contributed by atoms with Gasteiger partial charge in [-0.3, -0.25) is 4.79 Å². The number of nitrogens with one attached hydrogen (secondary N) is 1. The number of nitriles is 1. The van der Waals surface area contributed by atoms with Crippen LogP contribution in [0.3, 0.4) is 0 Å².